The normalized spacial score (nSPS) is 11.0. The molecule has 0 aliphatic carbocycles. The highest BCUT2D eigenvalue weighted by molar-refractivity contribution is 7.13. The topological polar surface area (TPSA) is 111 Å². The van der Waals surface area contributed by atoms with E-state index in [2.05, 4.69) is 20.1 Å². The standard InChI is InChI=1S/C18H14N4O4S/c23-16(25-10-15-21-17(22-26-15)13-6-3-9-27-13)8-7-14-19-12-5-2-1-4-11(12)18(24)20-14/h1-6,9H,7-8,10H2,(H,19,20,24). The van der Waals surface area contributed by atoms with Crippen LogP contribution in [0, 0.1) is 0 Å². The highest BCUT2D eigenvalue weighted by atomic mass is 32.1. The van der Waals surface area contributed by atoms with E-state index in [1.807, 2.05) is 23.6 Å². The van der Waals surface area contributed by atoms with Gasteiger partial charge in [-0.3, -0.25) is 9.59 Å². The highest BCUT2D eigenvalue weighted by Crippen LogP contribution is 2.21. The predicted octanol–water partition coefficient (Wildman–Crippen LogP) is 2.71. The molecule has 3 aromatic heterocycles. The van der Waals surface area contributed by atoms with Crippen molar-refractivity contribution in [3.8, 4) is 10.7 Å². The van der Waals surface area contributed by atoms with E-state index in [0.717, 1.165) is 4.88 Å². The molecular formula is C18H14N4O4S. The van der Waals surface area contributed by atoms with Crippen LogP contribution in [-0.4, -0.2) is 26.1 Å². The molecule has 0 aliphatic heterocycles. The number of H-pyrrole nitrogens is 1. The second kappa shape index (κ2) is 7.50. The van der Waals surface area contributed by atoms with Gasteiger partial charge in [-0.25, -0.2) is 4.98 Å². The fourth-order valence-corrected chi connectivity index (χ4v) is 3.16. The number of para-hydroxylation sites is 1. The lowest BCUT2D eigenvalue weighted by molar-refractivity contribution is -0.145. The van der Waals surface area contributed by atoms with Gasteiger partial charge in [0.1, 0.15) is 5.82 Å². The molecule has 0 aliphatic rings. The molecule has 4 rings (SSSR count). The Kier molecular flexibility index (Phi) is 4.75. The van der Waals surface area contributed by atoms with Crippen molar-refractivity contribution in [1.82, 2.24) is 20.1 Å². The molecule has 27 heavy (non-hydrogen) atoms. The molecule has 0 bridgehead atoms. The zero-order valence-electron chi connectivity index (χ0n) is 14.0. The predicted molar refractivity (Wildman–Crippen MR) is 98.1 cm³/mol. The number of nitrogens with zero attached hydrogens (tertiary/aromatic N) is 3. The molecular weight excluding hydrogens is 368 g/mol. The van der Waals surface area contributed by atoms with E-state index in [1.165, 1.54) is 11.3 Å². The summed E-state index contributed by atoms with van der Waals surface area (Å²) in [4.78, 5) is 36.1. The Bertz CT molecular complexity index is 1130. The van der Waals surface area contributed by atoms with E-state index < -0.39 is 5.97 Å². The third kappa shape index (κ3) is 3.93. The Hall–Kier alpha value is -3.33. The maximum Gasteiger partial charge on any atom is 0.306 e. The van der Waals surface area contributed by atoms with E-state index in [0.29, 0.717) is 22.6 Å². The number of nitrogens with one attached hydrogen (secondary N) is 1. The summed E-state index contributed by atoms with van der Waals surface area (Å²) in [6, 6.07) is 10.8. The van der Waals surface area contributed by atoms with Gasteiger partial charge in [0.15, 0.2) is 6.61 Å². The van der Waals surface area contributed by atoms with Crippen LogP contribution in [0.15, 0.2) is 51.1 Å². The van der Waals surface area contributed by atoms with Gasteiger partial charge >= 0.3 is 5.97 Å². The number of ether oxygens (including phenoxy) is 1. The summed E-state index contributed by atoms with van der Waals surface area (Å²) in [5, 5.41) is 6.28. The number of esters is 1. The van der Waals surface area contributed by atoms with E-state index >= 15 is 0 Å². The fourth-order valence-electron chi connectivity index (χ4n) is 2.51. The minimum Gasteiger partial charge on any atom is -0.456 e. The van der Waals surface area contributed by atoms with Gasteiger partial charge in [0, 0.05) is 6.42 Å². The Balaban J connectivity index is 1.33. The molecule has 0 fully saturated rings. The van der Waals surface area contributed by atoms with Crippen LogP contribution in [0.3, 0.4) is 0 Å². The molecule has 0 saturated heterocycles. The molecule has 8 nitrogen and oxygen atoms in total. The first kappa shape index (κ1) is 17.1. The van der Waals surface area contributed by atoms with Crippen molar-refractivity contribution in [2.45, 2.75) is 19.4 Å². The lowest BCUT2D eigenvalue weighted by atomic mass is 10.2. The second-order valence-electron chi connectivity index (χ2n) is 5.68. The number of fused-ring (bicyclic) bond motifs is 1. The van der Waals surface area contributed by atoms with Gasteiger partial charge in [0.05, 0.1) is 22.2 Å². The molecule has 3 heterocycles. The first-order chi connectivity index (χ1) is 13.2. The van der Waals surface area contributed by atoms with Crippen molar-refractivity contribution < 1.29 is 14.1 Å². The molecule has 0 amide bonds. The summed E-state index contributed by atoms with van der Waals surface area (Å²) < 4.78 is 10.2. The summed E-state index contributed by atoms with van der Waals surface area (Å²) in [7, 11) is 0. The summed E-state index contributed by atoms with van der Waals surface area (Å²) in [5.41, 5.74) is 0.368. The van der Waals surface area contributed by atoms with Crippen molar-refractivity contribution in [1.29, 1.82) is 0 Å². The van der Waals surface area contributed by atoms with Gasteiger partial charge in [-0.15, -0.1) is 11.3 Å². The second-order valence-corrected chi connectivity index (χ2v) is 6.63. The van der Waals surface area contributed by atoms with E-state index in [1.54, 1.807) is 18.2 Å². The number of rotatable bonds is 6. The van der Waals surface area contributed by atoms with E-state index in [-0.39, 0.29) is 30.9 Å². The average molecular weight is 382 g/mol. The van der Waals surface area contributed by atoms with E-state index in [4.69, 9.17) is 9.26 Å². The van der Waals surface area contributed by atoms with Crippen molar-refractivity contribution in [2.24, 2.45) is 0 Å². The van der Waals surface area contributed by atoms with Gasteiger partial charge in [0.25, 0.3) is 11.4 Å². The lowest BCUT2D eigenvalue weighted by Crippen LogP contribution is -2.14. The summed E-state index contributed by atoms with van der Waals surface area (Å²) in [6.07, 6.45) is 0.344. The Morgan fingerprint density at radius 3 is 2.93 bits per heavy atom. The van der Waals surface area contributed by atoms with Crippen LogP contribution in [0.5, 0.6) is 0 Å². The zero-order valence-corrected chi connectivity index (χ0v) is 14.9. The molecule has 0 spiro atoms. The lowest BCUT2D eigenvalue weighted by Gasteiger charge is -2.03. The smallest absolute Gasteiger partial charge is 0.306 e. The number of thiophene rings is 1. The number of benzene rings is 1. The van der Waals surface area contributed by atoms with Crippen LogP contribution in [0.4, 0.5) is 0 Å². The monoisotopic (exact) mass is 382 g/mol. The van der Waals surface area contributed by atoms with Crippen molar-refractivity contribution in [3.05, 3.63) is 63.8 Å². The third-order valence-corrected chi connectivity index (χ3v) is 4.66. The van der Waals surface area contributed by atoms with Crippen LogP contribution in [0.2, 0.25) is 0 Å². The minimum absolute atomic E-state index is 0.0766. The molecule has 1 N–H and O–H groups in total. The largest absolute Gasteiger partial charge is 0.456 e. The van der Waals surface area contributed by atoms with Gasteiger partial charge in [0.2, 0.25) is 5.82 Å². The van der Waals surface area contributed by atoms with Gasteiger partial charge < -0.3 is 14.2 Å². The number of aryl methyl sites for hydroxylation is 1. The SMILES string of the molecule is O=C(CCc1nc2ccccc2c(=O)[nH]1)OCc1nc(-c2cccs2)no1. The van der Waals surface area contributed by atoms with Gasteiger partial charge in [-0.05, 0) is 23.6 Å². The average Bonchev–Trinajstić information content (AvgIpc) is 3.36. The Morgan fingerprint density at radius 1 is 1.19 bits per heavy atom. The third-order valence-electron chi connectivity index (χ3n) is 3.79. The molecule has 136 valence electrons. The van der Waals surface area contributed by atoms with Gasteiger partial charge in [-0.2, -0.15) is 4.98 Å². The number of carbonyl (C=O) groups excluding carboxylic acids is 1. The number of hydrogen-bond acceptors (Lipinski definition) is 8. The van der Waals surface area contributed by atoms with Crippen LogP contribution >= 0.6 is 11.3 Å². The first-order valence-electron chi connectivity index (χ1n) is 8.19. The molecule has 1 aromatic carbocycles. The Morgan fingerprint density at radius 2 is 2.07 bits per heavy atom. The van der Waals surface area contributed by atoms with E-state index in [9.17, 15) is 9.59 Å². The van der Waals surface area contributed by atoms with Crippen LogP contribution in [0.25, 0.3) is 21.6 Å². The summed E-state index contributed by atoms with van der Waals surface area (Å²) in [6.45, 7) is -0.0983. The van der Waals surface area contributed by atoms with Crippen LogP contribution in [-0.2, 0) is 22.6 Å². The van der Waals surface area contributed by atoms with Crippen molar-refractivity contribution >= 4 is 28.2 Å². The summed E-state index contributed by atoms with van der Waals surface area (Å²) >= 11 is 1.49. The highest BCUT2D eigenvalue weighted by Gasteiger charge is 2.12. The molecule has 4 aromatic rings. The fraction of sp³-hybridized carbons (Fsp3) is 0.167. The zero-order chi connectivity index (χ0) is 18.6. The van der Waals surface area contributed by atoms with Crippen LogP contribution < -0.4 is 5.56 Å². The number of aromatic amines is 1. The number of carbonyl (C=O) groups is 1. The van der Waals surface area contributed by atoms with Crippen molar-refractivity contribution in [2.75, 3.05) is 0 Å². The summed E-state index contributed by atoms with van der Waals surface area (Å²) in [5.74, 6) is 0.688. The van der Waals surface area contributed by atoms with Crippen molar-refractivity contribution in [3.63, 3.8) is 0 Å². The van der Waals surface area contributed by atoms with Gasteiger partial charge in [-0.1, -0.05) is 23.4 Å². The number of hydrogen-bond donors (Lipinski definition) is 1. The first-order valence-corrected chi connectivity index (χ1v) is 9.07. The molecule has 0 atom stereocenters. The molecule has 0 unspecified atom stereocenters. The maximum absolute atomic E-state index is 12.0. The maximum atomic E-state index is 12.0. The minimum atomic E-state index is -0.443. The molecule has 0 saturated carbocycles. The Labute approximate surface area is 156 Å². The number of aromatic nitrogens is 4. The van der Waals surface area contributed by atoms with Crippen LogP contribution in [0.1, 0.15) is 18.1 Å². The quantitative estimate of drug-likeness (QED) is 0.510. The molecule has 0 radical (unpaired) electrons. The molecule has 9 heteroatoms.